The number of para-hydroxylation sites is 1. The Hall–Kier alpha value is -6.38. The summed E-state index contributed by atoms with van der Waals surface area (Å²) in [5.74, 6) is 1.02. The first-order chi connectivity index (χ1) is 28.1. The van der Waals surface area contributed by atoms with E-state index in [1.165, 1.54) is 89.1 Å². The maximum absolute atomic E-state index is 3.87. The largest absolute Gasteiger partial charge is 0.360 e. The van der Waals surface area contributed by atoms with Crippen LogP contribution in [0.4, 0.5) is 5.69 Å². The molecule has 6 aliphatic rings. The summed E-state index contributed by atoms with van der Waals surface area (Å²) in [5, 5.41) is 6.40. The second kappa shape index (κ2) is 12.6. The maximum atomic E-state index is 3.87. The SMILES string of the molecule is Cc1ccc(C2C=C3C(=CC2)c2ccc(-c4ccc5cc(C6NC7=C(CCC=C7)N6c6ccccc6)ccc5c4)cc2C32c3ccccc3C3C=CC=CC32)cc1. The minimum Gasteiger partial charge on any atom is -0.360 e. The molecule has 57 heavy (non-hydrogen) atoms. The minimum atomic E-state index is -0.254. The van der Waals surface area contributed by atoms with Gasteiger partial charge in [-0.15, -0.1) is 0 Å². The highest BCUT2D eigenvalue weighted by atomic mass is 15.3. The third-order valence-electron chi connectivity index (χ3n) is 13.8. The molecular weight excluding hydrogens is 689 g/mol. The van der Waals surface area contributed by atoms with Gasteiger partial charge in [-0.25, -0.2) is 0 Å². The van der Waals surface area contributed by atoms with E-state index in [1.807, 2.05) is 0 Å². The molecule has 5 atom stereocenters. The van der Waals surface area contributed by atoms with Crippen molar-refractivity contribution in [3.05, 3.63) is 238 Å². The Labute approximate surface area is 335 Å². The lowest BCUT2D eigenvalue weighted by Crippen LogP contribution is -2.33. The van der Waals surface area contributed by atoms with Gasteiger partial charge in [0.05, 0.1) is 11.1 Å². The number of hydrogen-bond donors (Lipinski definition) is 1. The molecule has 1 heterocycles. The van der Waals surface area contributed by atoms with Crippen LogP contribution in [0.25, 0.3) is 27.5 Å². The zero-order chi connectivity index (χ0) is 37.7. The molecule has 0 bridgehead atoms. The number of allylic oxidation sites excluding steroid dienone is 11. The second-order valence-electron chi connectivity index (χ2n) is 16.8. The standard InChI is InChI=1S/C55H44N2/c1-35-19-21-36(22-20-35)40-27-29-46-47-30-28-41(34-51(47)55(50(46)33-40)48-15-7-5-13-44(48)45-14-6-8-16-49(45)55)38-23-24-39-32-42(26-25-37(39)31-38)54-56-52-17-9-10-18-53(52)57(54)43-11-3-2-4-12-43/h2-9,11-17,19-26,28-34,40,44,48,54,56H,10,18,27H2,1H3. The van der Waals surface area contributed by atoms with E-state index in [9.17, 15) is 0 Å². The van der Waals surface area contributed by atoms with Crippen molar-refractivity contribution in [1.82, 2.24) is 5.32 Å². The Balaban J connectivity index is 0.965. The molecule has 0 fully saturated rings. The summed E-state index contributed by atoms with van der Waals surface area (Å²) < 4.78 is 0. The molecule has 5 unspecified atom stereocenters. The fraction of sp³-hybridized carbons (Fsp3) is 0.164. The lowest BCUT2D eigenvalue weighted by Gasteiger charge is -2.38. The Morgan fingerprint density at radius 1 is 0.702 bits per heavy atom. The van der Waals surface area contributed by atoms with Crippen molar-refractivity contribution in [2.75, 3.05) is 4.90 Å². The summed E-state index contributed by atoms with van der Waals surface area (Å²) in [6.45, 7) is 2.18. The first-order valence-electron chi connectivity index (χ1n) is 20.8. The summed E-state index contributed by atoms with van der Waals surface area (Å²) in [7, 11) is 0. The molecule has 0 saturated carbocycles. The highest BCUT2D eigenvalue weighted by Gasteiger charge is 2.58. The highest BCUT2D eigenvalue weighted by Crippen LogP contribution is 2.67. The van der Waals surface area contributed by atoms with E-state index < -0.39 is 0 Å². The minimum absolute atomic E-state index is 0.0525. The summed E-state index contributed by atoms with van der Waals surface area (Å²) >= 11 is 0. The van der Waals surface area contributed by atoms with Gasteiger partial charge in [-0.1, -0.05) is 151 Å². The van der Waals surface area contributed by atoms with Crippen LogP contribution in [0.5, 0.6) is 0 Å². The van der Waals surface area contributed by atoms with Crippen molar-refractivity contribution < 1.29 is 0 Å². The van der Waals surface area contributed by atoms with E-state index in [0.717, 1.165) is 19.3 Å². The van der Waals surface area contributed by atoms with E-state index in [-0.39, 0.29) is 11.6 Å². The van der Waals surface area contributed by atoms with Crippen molar-refractivity contribution in [2.45, 2.75) is 49.6 Å². The average molecular weight is 733 g/mol. The number of anilines is 1. The number of benzene rings is 6. The van der Waals surface area contributed by atoms with E-state index in [2.05, 4.69) is 199 Å². The summed E-state index contributed by atoms with van der Waals surface area (Å²) in [5.41, 5.74) is 18.8. The topological polar surface area (TPSA) is 15.3 Å². The van der Waals surface area contributed by atoms with Gasteiger partial charge < -0.3 is 10.2 Å². The van der Waals surface area contributed by atoms with Crippen molar-refractivity contribution in [3.8, 4) is 11.1 Å². The van der Waals surface area contributed by atoms with Crippen molar-refractivity contribution in [3.63, 3.8) is 0 Å². The number of hydrogen-bond acceptors (Lipinski definition) is 2. The Morgan fingerprint density at radius 3 is 2.39 bits per heavy atom. The van der Waals surface area contributed by atoms with Gasteiger partial charge in [0.15, 0.2) is 0 Å². The van der Waals surface area contributed by atoms with Gasteiger partial charge in [0, 0.05) is 29.1 Å². The first-order valence-corrected chi connectivity index (χ1v) is 20.8. The van der Waals surface area contributed by atoms with Gasteiger partial charge in [-0.2, -0.15) is 0 Å². The van der Waals surface area contributed by atoms with Crippen LogP contribution >= 0.6 is 0 Å². The molecule has 0 aromatic heterocycles. The molecule has 1 N–H and O–H groups in total. The lowest BCUT2D eigenvalue weighted by atomic mass is 9.64. The van der Waals surface area contributed by atoms with E-state index in [0.29, 0.717) is 17.8 Å². The number of rotatable bonds is 4. The van der Waals surface area contributed by atoms with E-state index >= 15 is 0 Å². The predicted octanol–water partition coefficient (Wildman–Crippen LogP) is 13.1. The van der Waals surface area contributed by atoms with Gasteiger partial charge in [0.1, 0.15) is 6.17 Å². The molecule has 2 heteroatoms. The fourth-order valence-electron chi connectivity index (χ4n) is 11.2. The van der Waals surface area contributed by atoms with Crippen molar-refractivity contribution in [2.24, 2.45) is 5.92 Å². The normalized spacial score (nSPS) is 24.8. The van der Waals surface area contributed by atoms with Crippen LogP contribution in [0.15, 0.2) is 199 Å². The fourth-order valence-corrected chi connectivity index (χ4v) is 11.2. The molecule has 6 aromatic carbocycles. The van der Waals surface area contributed by atoms with Crippen LogP contribution in [-0.4, -0.2) is 0 Å². The second-order valence-corrected chi connectivity index (χ2v) is 16.8. The maximum Gasteiger partial charge on any atom is 0.130 e. The Morgan fingerprint density at radius 2 is 1.47 bits per heavy atom. The molecular formula is C55H44N2. The zero-order valence-corrected chi connectivity index (χ0v) is 32.2. The van der Waals surface area contributed by atoms with Crippen LogP contribution < -0.4 is 10.2 Å². The third kappa shape index (κ3) is 4.83. The smallest absolute Gasteiger partial charge is 0.130 e. The molecule has 1 aliphatic heterocycles. The quantitative estimate of drug-likeness (QED) is 0.194. The number of nitrogens with zero attached hydrogens (tertiary/aromatic N) is 1. The molecule has 274 valence electrons. The number of nitrogens with one attached hydrogen (secondary N) is 1. The molecule has 1 spiro atoms. The van der Waals surface area contributed by atoms with Gasteiger partial charge in [-0.3, -0.25) is 0 Å². The van der Waals surface area contributed by atoms with Gasteiger partial charge in [-0.05, 0) is 129 Å². The molecule has 0 saturated heterocycles. The Kier molecular flexibility index (Phi) is 7.24. The first kappa shape index (κ1) is 32.8. The van der Waals surface area contributed by atoms with Crippen molar-refractivity contribution in [1.29, 1.82) is 0 Å². The van der Waals surface area contributed by atoms with Crippen LogP contribution in [0.3, 0.4) is 0 Å². The number of fused-ring (bicyclic) bond motifs is 11. The highest BCUT2D eigenvalue weighted by molar-refractivity contribution is 5.96. The average Bonchev–Trinajstić information content (AvgIpc) is 3.91. The van der Waals surface area contributed by atoms with Crippen LogP contribution in [0, 0.1) is 12.8 Å². The third-order valence-corrected chi connectivity index (χ3v) is 13.8. The Bertz CT molecular complexity index is 2830. The molecule has 2 nitrogen and oxygen atoms in total. The summed E-state index contributed by atoms with van der Waals surface area (Å²) in [6, 6.07) is 50.8. The van der Waals surface area contributed by atoms with Crippen LogP contribution in [-0.2, 0) is 5.41 Å². The molecule has 5 aliphatic carbocycles. The van der Waals surface area contributed by atoms with Crippen LogP contribution in [0.1, 0.15) is 76.2 Å². The molecule has 0 amide bonds. The van der Waals surface area contributed by atoms with Gasteiger partial charge >= 0.3 is 0 Å². The van der Waals surface area contributed by atoms with Gasteiger partial charge in [0.25, 0.3) is 0 Å². The molecule has 12 rings (SSSR count). The molecule has 6 aromatic rings. The number of aryl methyl sites for hydroxylation is 1. The van der Waals surface area contributed by atoms with E-state index in [1.54, 1.807) is 0 Å². The zero-order valence-electron chi connectivity index (χ0n) is 32.2. The predicted molar refractivity (Wildman–Crippen MR) is 236 cm³/mol. The van der Waals surface area contributed by atoms with Gasteiger partial charge in [0.2, 0.25) is 0 Å². The monoisotopic (exact) mass is 732 g/mol. The van der Waals surface area contributed by atoms with E-state index in [4.69, 9.17) is 0 Å². The summed E-state index contributed by atoms with van der Waals surface area (Å²) in [6.07, 6.45) is 22.5. The van der Waals surface area contributed by atoms with Crippen molar-refractivity contribution >= 4 is 22.0 Å². The lowest BCUT2D eigenvalue weighted by molar-refractivity contribution is 0.463. The summed E-state index contributed by atoms with van der Waals surface area (Å²) in [4.78, 5) is 2.50. The van der Waals surface area contributed by atoms with Crippen LogP contribution in [0.2, 0.25) is 0 Å². The molecule has 0 radical (unpaired) electrons.